The number of nitrogens with two attached hydrogens (primary N) is 1. The Labute approximate surface area is 117 Å². The van der Waals surface area contributed by atoms with Crippen molar-refractivity contribution in [3.63, 3.8) is 0 Å². The maximum atomic E-state index is 8.89. The fourth-order valence-corrected chi connectivity index (χ4v) is 2.35. The first kappa shape index (κ1) is 13.3. The molecule has 3 N–H and O–H groups in total. The Morgan fingerprint density at radius 2 is 1.95 bits per heavy atom. The number of anilines is 3. The number of hydrogen-bond donors (Lipinski definition) is 2. The number of thioether (sulfide) groups is 1. The third-order valence-electron chi connectivity index (χ3n) is 2.63. The minimum Gasteiger partial charge on any atom is -0.397 e. The molecule has 0 amide bonds. The van der Waals surface area contributed by atoms with Crippen molar-refractivity contribution < 1.29 is 0 Å². The number of nitrogen functional groups attached to an aromatic ring is 1. The highest BCUT2D eigenvalue weighted by Gasteiger charge is 2.02. The van der Waals surface area contributed by atoms with Gasteiger partial charge < -0.3 is 11.1 Å². The van der Waals surface area contributed by atoms with E-state index in [-0.39, 0.29) is 0 Å². The summed E-state index contributed by atoms with van der Waals surface area (Å²) in [6.45, 7) is 2.13. The zero-order valence-corrected chi connectivity index (χ0v) is 11.5. The molecule has 2 aromatic carbocycles. The van der Waals surface area contributed by atoms with Gasteiger partial charge in [0.1, 0.15) is 0 Å². The smallest absolute Gasteiger partial charge is 0.0992 e. The minimum absolute atomic E-state index is 0.592. The van der Waals surface area contributed by atoms with Crippen LogP contribution >= 0.6 is 11.8 Å². The fraction of sp³-hybridized carbons (Fsp3) is 0.133. The van der Waals surface area contributed by atoms with Crippen molar-refractivity contribution in [3.05, 3.63) is 48.0 Å². The molecule has 0 unspecified atom stereocenters. The summed E-state index contributed by atoms with van der Waals surface area (Å²) in [6, 6.07) is 15.5. The van der Waals surface area contributed by atoms with Gasteiger partial charge in [-0.05, 0) is 48.2 Å². The lowest BCUT2D eigenvalue weighted by molar-refractivity contribution is 1.41. The van der Waals surface area contributed by atoms with Crippen molar-refractivity contribution in [1.29, 1.82) is 5.26 Å². The lowest BCUT2D eigenvalue weighted by Crippen LogP contribution is -1.96. The van der Waals surface area contributed by atoms with Gasteiger partial charge in [-0.3, -0.25) is 0 Å². The van der Waals surface area contributed by atoms with Crippen molar-refractivity contribution >= 4 is 28.8 Å². The lowest BCUT2D eigenvalue weighted by atomic mass is 10.2. The maximum Gasteiger partial charge on any atom is 0.0992 e. The van der Waals surface area contributed by atoms with Crippen LogP contribution in [0.25, 0.3) is 0 Å². The summed E-state index contributed by atoms with van der Waals surface area (Å²) in [4.78, 5) is 1.24. The Bertz CT molecular complexity index is 600. The molecule has 2 rings (SSSR count). The summed E-state index contributed by atoms with van der Waals surface area (Å²) in [5.74, 6) is 1.06. The molecule has 0 bridgehead atoms. The molecular weight excluding hydrogens is 254 g/mol. The van der Waals surface area contributed by atoms with Crippen LogP contribution in [0.15, 0.2) is 47.4 Å². The van der Waals surface area contributed by atoms with E-state index in [1.807, 2.05) is 12.1 Å². The molecule has 4 heteroatoms. The van der Waals surface area contributed by atoms with Gasteiger partial charge in [-0.1, -0.05) is 6.92 Å². The van der Waals surface area contributed by atoms with Gasteiger partial charge in [-0.25, -0.2) is 0 Å². The highest BCUT2D eigenvalue weighted by molar-refractivity contribution is 7.99. The summed E-state index contributed by atoms with van der Waals surface area (Å²) >= 11 is 1.80. The average molecular weight is 269 g/mol. The molecule has 0 aliphatic carbocycles. The second-order valence-corrected chi connectivity index (χ2v) is 5.33. The Morgan fingerprint density at radius 1 is 1.21 bits per heavy atom. The molecule has 96 valence electrons. The Hall–Kier alpha value is -2.12. The predicted octanol–water partition coefficient (Wildman–Crippen LogP) is 4.00. The molecule has 0 heterocycles. The standard InChI is InChI=1S/C15H15N3S/c1-2-19-13-6-4-12(5-7-13)18-15-9-11(10-16)3-8-14(15)17/h3-9,18H,2,17H2,1H3. The third-order valence-corrected chi connectivity index (χ3v) is 3.52. The van der Waals surface area contributed by atoms with Crippen molar-refractivity contribution in [1.82, 2.24) is 0 Å². The van der Waals surface area contributed by atoms with Gasteiger partial charge in [0.15, 0.2) is 0 Å². The quantitative estimate of drug-likeness (QED) is 0.650. The molecule has 0 radical (unpaired) electrons. The molecule has 0 saturated carbocycles. The Balaban J connectivity index is 2.19. The summed E-state index contributed by atoms with van der Waals surface area (Å²) in [5.41, 5.74) is 8.84. The number of nitrogens with one attached hydrogen (secondary N) is 1. The van der Waals surface area contributed by atoms with Crippen molar-refractivity contribution in [2.45, 2.75) is 11.8 Å². The van der Waals surface area contributed by atoms with Crippen LogP contribution in [-0.4, -0.2) is 5.75 Å². The first-order valence-corrected chi connectivity index (χ1v) is 7.01. The second-order valence-electron chi connectivity index (χ2n) is 4.00. The molecule has 0 aliphatic rings. The lowest BCUT2D eigenvalue weighted by Gasteiger charge is -2.10. The summed E-state index contributed by atoms with van der Waals surface area (Å²) < 4.78 is 0. The van der Waals surface area contributed by atoms with Gasteiger partial charge in [0.2, 0.25) is 0 Å². The predicted molar refractivity (Wildman–Crippen MR) is 81.7 cm³/mol. The molecule has 3 nitrogen and oxygen atoms in total. The van der Waals surface area contributed by atoms with Gasteiger partial charge in [-0.15, -0.1) is 11.8 Å². The van der Waals surface area contributed by atoms with Gasteiger partial charge >= 0.3 is 0 Å². The van der Waals surface area contributed by atoms with Crippen molar-refractivity contribution in [3.8, 4) is 6.07 Å². The number of hydrogen-bond acceptors (Lipinski definition) is 4. The molecule has 0 saturated heterocycles. The third kappa shape index (κ3) is 3.43. The summed E-state index contributed by atoms with van der Waals surface area (Å²) in [5, 5.41) is 12.1. The molecule has 0 aliphatic heterocycles. The van der Waals surface area contributed by atoms with E-state index in [1.165, 1.54) is 4.90 Å². The topological polar surface area (TPSA) is 61.8 Å². The van der Waals surface area contributed by atoms with E-state index in [1.54, 1.807) is 30.0 Å². The zero-order chi connectivity index (χ0) is 13.7. The Morgan fingerprint density at radius 3 is 2.58 bits per heavy atom. The summed E-state index contributed by atoms with van der Waals surface area (Å²) in [7, 11) is 0. The number of benzene rings is 2. The first-order chi connectivity index (χ1) is 9.22. The van der Waals surface area contributed by atoms with Crippen molar-refractivity contribution in [2.75, 3.05) is 16.8 Å². The van der Waals surface area contributed by atoms with Crippen molar-refractivity contribution in [2.24, 2.45) is 0 Å². The van der Waals surface area contributed by atoms with E-state index in [0.717, 1.165) is 17.1 Å². The van der Waals surface area contributed by atoms with Crippen LogP contribution < -0.4 is 11.1 Å². The van der Waals surface area contributed by atoms with E-state index >= 15 is 0 Å². The molecule has 0 fully saturated rings. The number of nitrogens with zero attached hydrogens (tertiary/aromatic N) is 1. The van der Waals surface area contributed by atoms with E-state index < -0.39 is 0 Å². The molecular formula is C15H15N3S. The van der Waals surface area contributed by atoms with E-state index in [0.29, 0.717) is 11.3 Å². The van der Waals surface area contributed by atoms with Crippen LogP contribution in [0.5, 0.6) is 0 Å². The number of rotatable bonds is 4. The summed E-state index contributed by atoms with van der Waals surface area (Å²) in [6.07, 6.45) is 0. The van der Waals surface area contributed by atoms with Gasteiger partial charge in [0.25, 0.3) is 0 Å². The van der Waals surface area contributed by atoms with Crippen LogP contribution in [0.3, 0.4) is 0 Å². The molecule has 2 aromatic rings. The van der Waals surface area contributed by atoms with Crippen LogP contribution in [0.2, 0.25) is 0 Å². The first-order valence-electron chi connectivity index (χ1n) is 6.02. The van der Waals surface area contributed by atoms with Gasteiger partial charge in [0, 0.05) is 10.6 Å². The molecule has 0 spiro atoms. The van der Waals surface area contributed by atoms with E-state index in [4.69, 9.17) is 11.0 Å². The highest BCUT2D eigenvalue weighted by atomic mass is 32.2. The van der Waals surface area contributed by atoms with Crippen LogP contribution in [-0.2, 0) is 0 Å². The second kappa shape index (κ2) is 6.17. The highest BCUT2D eigenvalue weighted by Crippen LogP contribution is 2.26. The zero-order valence-electron chi connectivity index (χ0n) is 10.7. The largest absolute Gasteiger partial charge is 0.397 e. The SMILES string of the molecule is CCSc1ccc(Nc2cc(C#N)ccc2N)cc1. The molecule has 19 heavy (non-hydrogen) atoms. The van der Waals surface area contributed by atoms with Crippen LogP contribution in [0.4, 0.5) is 17.1 Å². The average Bonchev–Trinajstić information content (AvgIpc) is 2.44. The molecule has 0 atom stereocenters. The normalized spacial score (nSPS) is 9.89. The van der Waals surface area contributed by atoms with Gasteiger partial charge in [-0.2, -0.15) is 5.26 Å². The van der Waals surface area contributed by atoms with Gasteiger partial charge in [0.05, 0.1) is 23.0 Å². The molecule has 0 aromatic heterocycles. The maximum absolute atomic E-state index is 8.89. The monoisotopic (exact) mass is 269 g/mol. The van der Waals surface area contributed by atoms with E-state index in [2.05, 4.69) is 30.4 Å². The number of nitriles is 1. The van der Waals surface area contributed by atoms with E-state index in [9.17, 15) is 0 Å². The van der Waals surface area contributed by atoms with Crippen LogP contribution in [0.1, 0.15) is 12.5 Å². The van der Waals surface area contributed by atoms with Crippen LogP contribution in [0, 0.1) is 11.3 Å². The fourth-order valence-electron chi connectivity index (χ4n) is 1.69. The minimum atomic E-state index is 0.592. The Kier molecular flexibility index (Phi) is 4.32.